The van der Waals surface area contributed by atoms with E-state index in [4.69, 9.17) is 16.3 Å². The van der Waals surface area contributed by atoms with Crippen molar-refractivity contribution in [2.45, 2.75) is 0 Å². The van der Waals surface area contributed by atoms with Crippen molar-refractivity contribution >= 4 is 17.3 Å². The number of hydrogen-bond donors (Lipinski definition) is 1. The molecule has 3 heteroatoms. The third-order valence-electron chi connectivity index (χ3n) is 1.52. The molecule has 0 aromatic heterocycles. The summed E-state index contributed by atoms with van der Waals surface area (Å²) in [5, 5.41) is 3.16. The van der Waals surface area contributed by atoms with E-state index in [9.17, 15) is 0 Å². The van der Waals surface area contributed by atoms with Crippen molar-refractivity contribution in [3.8, 4) is 5.75 Å². The molecular formula is C9H12ClNO. The first-order chi connectivity index (χ1) is 5.88. The van der Waals surface area contributed by atoms with Crippen molar-refractivity contribution in [3.05, 3.63) is 24.3 Å². The number of nitrogens with one attached hydrogen (secondary N) is 1. The standard InChI is InChI=1S/C9H12ClNO/c1-12-9-5-3-2-4-8(9)11-7-6-10/h2-5,11H,6-7H2,1H3. The van der Waals surface area contributed by atoms with Crippen molar-refractivity contribution in [3.63, 3.8) is 0 Å². The van der Waals surface area contributed by atoms with Gasteiger partial charge in [-0.2, -0.15) is 0 Å². The summed E-state index contributed by atoms with van der Waals surface area (Å²) in [6, 6.07) is 7.77. The monoisotopic (exact) mass is 185 g/mol. The Labute approximate surface area is 77.5 Å². The first-order valence-electron chi connectivity index (χ1n) is 3.81. The van der Waals surface area contributed by atoms with Crippen LogP contribution < -0.4 is 10.1 Å². The molecule has 0 amide bonds. The number of hydrogen-bond acceptors (Lipinski definition) is 2. The molecule has 0 spiro atoms. The molecule has 0 aliphatic heterocycles. The Bertz CT molecular complexity index is 240. The minimum absolute atomic E-state index is 0.595. The van der Waals surface area contributed by atoms with Gasteiger partial charge in [0.25, 0.3) is 0 Å². The van der Waals surface area contributed by atoms with Crippen LogP contribution in [0.5, 0.6) is 5.75 Å². The summed E-state index contributed by atoms with van der Waals surface area (Å²) >= 11 is 5.54. The number of anilines is 1. The highest BCUT2D eigenvalue weighted by atomic mass is 35.5. The van der Waals surface area contributed by atoms with E-state index in [-0.39, 0.29) is 0 Å². The Hall–Kier alpha value is -0.890. The first kappa shape index (κ1) is 9.20. The Balaban J connectivity index is 2.68. The van der Waals surface area contributed by atoms with Crippen molar-refractivity contribution in [2.75, 3.05) is 24.9 Å². The average molecular weight is 186 g/mol. The highest BCUT2D eigenvalue weighted by molar-refractivity contribution is 6.18. The molecule has 0 bridgehead atoms. The molecule has 1 rings (SSSR count). The van der Waals surface area contributed by atoms with Gasteiger partial charge in [0.05, 0.1) is 12.8 Å². The predicted molar refractivity (Wildman–Crippen MR) is 52.2 cm³/mol. The van der Waals surface area contributed by atoms with E-state index in [1.54, 1.807) is 7.11 Å². The smallest absolute Gasteiger partial charge is 0.141 e. The molecule has 1 aromatic rings. The molecular weight excluding hydrogens is 174 g/mol. The molecule has 66 valence electrons. The lowest BCUT2D eigenvalue weighted by atomic mass is 10.3. The fourth-order valence-electron chi connectivity index (χ4n) is 0.973. The Morgan fingerprint density at radius 2 is 2.17 bits per heavy atom. The molecule has 1 N–H and O–H groups in total. The van der Waals surface area contributed by atoms with Gasteiger partial charge in [0, 0.05) is 12.4 Å². The minimum atomic E-state index is 0.595. The number of para-hydroxylation sites is 2. The summed E-state index contributed by atoms with van der Waals surface area (Å²) in [6.45, 7) is 0.752. The zero-order valence-corrected chi connectivity index (χ0v) is 7.77. The largest absolute Gasteiger partial charge is 0.495 e. The van der Waals surface area contributed by atoms with Crippen LogP contribution >= 0.6 is 11.6 Å². The fourth-order valence-corrected chi connectivity index (χ4v) is 1.07. The second kappa shape index (κ2) is 4.88. The second-order valence-corrected chi connectivity index (χ2v) is 2.69. The van der Waals surface area contributed by atoms with Crippen molar-refractivity contribution < 1.29 is 4.74 Å². The Kier molecular flexibility index (Phi) is 3.74. The van der Waals surface area contributed by atoms with Crippen LogP contribution in [0.1, 0.15) is 0 Å². The molecule has 0 aliphatic carbocycles. The van der Waals surface area contributed by atoms with E-state index >= 15 is 0 Å². The third kappa shape index (κ3) is 2.31. The van der Waals surface area contributed by atoms with Crippen LogP contribution in [-0.2, 0) is 0 Å². The van der Waals surface area contributed by atoms with Gasteiger partial charge in [-0.25, -0.2) is 0 Å². The van der Waals surface area contributed by atoms with Gasteiger partial charge in [0.15, 0.2) is 0 Å². The molecule has 2 nitrogen and oxygen atoms in total. The second-order valence-electron chi connectivity index (χ2n) is 2.32. The molecule has 0 saturated heterocycles. The number of benzene rings is 1. The van der Waals surface area contributed by atoms with Gasteiger partial charge in [0.2, 0.25) is 0 Å². The SMILES string of the molecule is COc1ccccc1NCCCl. The predicted octanol–water partition coefficient (Wildman–Crippen LogP) is 2.35. The van der Waals surface area contributed by atoms with Crippen molar-refractivity contribution in [2.24, 2.45) is 0 Å². The summed E-state index contributed by atoms with van der Waals surface area (Å²) in [5.74, 6) is 1.44. The lowest BCUT2D eigenvalue weighted by Crippen LogP contribution is -2.03. The van der Waals surface area contributed by atoms with Crippen LogP contribution in [0.15, 0.2) is 24.3 Å². The van der Waals surface area contributed by atoms with Crippen molar-refractivity contribution in [1.82, 2.24) is 0 Å². The topological polar surface area (TPSA) is 21.3 Å². The van der Waals surface area contributed by atoms with E-state index in [0.29, 0.717) is 5.88 Å². The first-order valence-corrected chi connectivity index (χ1v) is 4.35. The molecule has 0 saturated carbocycles. The van der Waals surface area contributed by atoms with Crippen LogP contribution in [0.25, 0.3) is 0 Å². The van der Waals surface area contributed by atoms with Crippen LogP contribution in [0.4, 0.5) is 5.69 Å². The lowest BCUT2D eigenvalue weighted by Gasteiger charge is -2.08. The van der Waals surface area contributed by atoms with Gasteiger partial charge < -0.3 is 10.1 Å². The summed E-state index contributed by atoms with van der Waals surface area (Å²) < 4.78 is 5.14. The summed E-state index contributed by atoms with van der Waals surface area (Å²) in [6.07, 6.45) is 0. The van der Waals surface area contributed by atoms with E-state index in [1.807, 2.05) is 24.3 Å². The van der Waals surface area contributed by atoms with E-state index in [2.05, 4.69) is 5.32 Å². The van der Waals surface area contributed by atoms with Crippen LogP contribution in [0, 0.1) is 0 Å². The van der Waals surface area contributed by atoms with E-state index in [0.717, 1.165) is 18.0 Å². The molecule has 0 unspecified atom stereocenters. The van der Waals surface area contributed by atoms with E-state index < -0.39 is 0 Å². The van der Waals surface area contributed by atoms with Crippen LogP contribution in [-0.4, -0.2) is 19.5 Å². The molecule has 12 heavy (non-hydrogen) atoms. The van der Waals surface area contributed by atoms with E-state index in [1.165, 1.54) is 0 Å². The third-order valence-corrected chi connectivity index (χ3v) is 1.71. The highest BCUT2D eigenvalue weighted by Crippen LogP contribution is 2.22. The number of methoxy groups -OCH3 is 1. The van der Waals surface area contributed by atoms with Gasteiger partial charge in [-0.15, -0.1) is 11.6 Å². The number of rotatable bonds is 4. The zero-order valence-electron chi connectivity index (χ0n) is 7.01. The maximum absolute atomic E-state index is 5.54. The van der Waals surface area contributed by atoms with Gasteiger partial charge in [-0.3, -0.25) is 0 Å². The van der Waals surface area contributed by atoms with Crippen molar-refractivity contribution in [1.29, 1.82) is 0 Å². The number of alkyl halides is 1. The molecule has 0 atom stereocenters. The minimum Gasteiger partial charge on any atom is -0.495 e. The molecule has 0 fully saturated rings. The molecule has 0 radical (unpaired) electrons. The maximum Gasteiger partial charge on any atom is 0.141 e. The number of ether oxygens (including phenoxy) is 1. The highest BCUT2D eigenvalue weighted by Gasteiger charge is 1.98. The van der Waals surface area contributed by atoms with Gasteiger partial charge in [-0.1, -0.05) is 12.1 Å². The maximum atomic E-state index is 5.54. The summed E-state index contributed by atoms with van der Waals surface area (Å²) in [5.41, 5.74) is 0.987. The van der Waals surface area contributed by atoms with Gasteiger partial charge >= 0.3 is 0 Å². The zero-order chi connectivity index (χ0) is 8.81. The molecule has 0 aliphatic rings. The molecule has 0 heterocycles. The Morgan fingerprint density at radius 1 is 1.42 bits per heavy atom. The normalized spacial score (nSPS) is 9.50. The van der Waals surface area contributed by atoms with Crippen LogP contribution in [0.3, 0.4) is 0 Å². The van der Waals surface area contributed by atoms with Gasteiger partial charge in [-0.05, 0) is 12.1 Å². The van der Waals surface area contributed by atoms with Gasteiger partial charge in [0.1, 0.15) is 5.75 Å². The van der Waals surface area contributed by atoms with Crippen LogP contribution in [0.2, 0.25) is 0 Å². The quantitative estimate of drug-likeness (QED) is 0.728. The molecule has 1 aromatic carbocycles. The fraction of sp³-hybridized carbons (Fsp3) is 0.333. The Morgan fingerprint density at radius 3 is 2.83 bits per heavy atom. The summed E-state index contributed by atoms with van der Waals surface area (Å²) in [7, 11) is 1.65. The average Bonchev–Trinajstić information content (AvgIpc) is 2.15. The summed E-state index contributed by atoms with van der Waals surface area (Å²) in [4.78, 5) is 0. The lowest BCUT2D eigenvalue weighted by molar-refractivity contribution is 0.416. The number of halogens is 1.